The van der Waals surface area contributed by atoms with Crippen LogP contribution in [0.1, 0.15) is 51.0 Å². The van der Waals surface area contributed by atoms with Gasteiger partial charge in [0, 0.05) is 17.0 Å². The first-order valence-electron chi connectivity index (χ1n) is 6.85. The molecule has 98 valence electrons. The van der Waals surface area contributed by atoms with Crippen LogP contribution in [0.5, 0.6) is 0 Å². The Morgan fingerprint density at radius 1 is 0.842 bits per heavy atom. The minimum Gasteiger partial charge on any atom is -0.341 e. The minimum absolute atomic E-state index is 0.408. The first-order valence-corrected chi connectivity index (χ1v) is 6.85. The lowest BCUT2D eigenvalue weighted by molar-refractivity contribution is 0.799. The first-order chi connectivity index (χ1) is 9.06. The molecule has 3 heteroatoms. The molecule has 0 atom stereocenters. The smallest absolute Gasteiger partial charge is 0.109 e. The molecule has 1 aromatic carbocycles. The number of pyridine rings is 1. The Morgan fingerprint density at radius 2 is 1.58 bits per heavy atom. The Balaban J connectivity index is 2.28. The molecule has 0 aliphatic rings. The molecule has 0 spiro atoms. The molecule has 0 fully saturated rings. The van der Waals surface area contributed by atoms with Crippen molar-refractivity contribution in [3.8, 4) is 0 Å². The quantitative estimate of drug-likeness (QED) is 0.737. The molecule has 3 aromatic rings. The van der Waals surface area contributed by atoms with Crippen LogP contribution in [-0.2, 0) is 0 Å². The largest absolute Gasteiger partial charge is 0.341 e. The van der Waals surface area contributed by atoms with Gasteiger partial charge in [0.05, 0.1) is 16.6 Å². The fraction of sp³-hybridized carbons (Fsp3) is 0.375. The lowest BCUT2D eigenvalue weighted by Gasteiger charge is -2.06. The Bertz CT molecular complexity index is 738. The van der Waals surface area contributed by atoms with Crippen LogP contribution in [0.15, 0.2) is 24.3 Å². The van der Waals surface area contributed by atoms with E-state index in [9.17, 15) is 0 Å². The average Bonchev–Trinajstić information content (AvgIpc) is 2.82. The van der Waals surface area contributed by atoms with Crippen LogP contribution in [0.25, 0.3) is 21.9 Å². The number of aromatic amines is 1. The summed E-state index contributed by atoms with van der Waals surface area (Å²) < 4.78 is 0. The molecule has 0 amide bonds. The predicted octanol–water partition coefficient (Wildman–Crippen LogP) is 4.36. The van der Waals surface area contributed by atoms with E-state index in [0.717, 1.165) is 33.5 Å². The fourth-order valence-corrected chi connectivity index (χ4v) is 2.31. The van der Waals surface area contributed by atoms with Gasteiger partial charge < -0.3 is 4.98 Å². The van der Waals surface area contributed by atoms with E-state index in [1.165, 1.54) is 0 Å². The fourth-order valence-electron chi connectivity index (χ4n) is 2.31. The maximum absolute atomic E-state index is 4.73. The number of rotatable bonds is 2. The molecule has 0 bridgehead atoms. The van der Waals surface area contributed by atoms with Gasteiger partial charge in [-0.05, 0) is 30.2 Å². The van der Waals surface area contributed by atoms with Gasteiger partial charge in [-0.15, -0.1) is 0 Å². The van der Waals surface area contributed by atoms with Crippen LogP contribution in [-0.4, -0.2) is 15.0 Å². The highest BCUT2D eigenvalue weighted by atomic mass is 14.9. The van der Waals surface area contributed by atoms with E-state index in [1.807, 2.05) is 0 Å². The van der Waals surface area contributed by atoms with Gasteiger partial charge in [0.1, 0.15) is 5.82 Å². The Labute approximate surface area is 113 Å². The summed E-state index contributed by atoms with van der Waals surface area (Å²) in [5.74, 6) is 1.90. The number of hydrogen-bond donors (Lipinski definition) is 1. The van der Waals surface area contributed by atoms with E-state index in [-0.39, 0.29) is 0 Å². The van der Waals surface area contributed by atoms with Gasteiger partial charge in [-0.2, -0.15) is 0 Å². The summed E-state index contributed by atoms with van der Waals surface area (Å²) in [6.07, 6.45) is 0. The van der Waals surface area contributed by atoms with Gasteiger partial charge in [-0.25, -0.2) is 4.98 Å². The summed E-state index contributed by atoms with van der Waals surface area (Å²) >= 11 is 0. The van der Waals surface area contributed by atoms with Crippen LogP contribution >= 0.6 is 0 Å². The number of benzene rings is 1. The second-order valence-corrected chi connectivity index (χ2v) is 5.69. The van der Waals surface area contributed by atoms with Crippen molar-refractivity contribution in [1.29, 1.82) is 0 Å². The zero-order chi connectivity index (χ0) is 13.6. The van der Waals surface area contributed by atoms with Crippen molar-refractivity contribution in [3.63, 3.8) is 0 Å². The molecular formula is C16H19N3. The van der Waals surface area contributed by atoms with Gasteiger partial charge in [-0.3, -0.25) is 4.98 Å². The van der Waals surface area contributed by atoms with Gasteiger partial charge in [0.25, 0.3) is 0 Å². The first kappa shape index (κ1) is 12.2. The van der Waals surface area contributed by atoms with Gasteiger partial charge in [0.2, 0.25) is 0 Å². The van der Waals surface area contributed by atoms with Crippen LogP contribution in [0, 0.1) is 0 Å². The maximum atomic E-state index is 4.73. The number of fused-ring (bicyclic) bond motifs is 3. The van der Waals surface area contributed by atoms with Crippen molar-refractivity contribution < 1.29 is 0 Å². The van der Waals surface area contributed by atoms with Crippen molar-refractivity contribution in [2.45, 2.75) is 39.5 Å². The number of nitrogens with one attached hydrogen (secondary N) is 1. The molecule has 0 aliphatic heterocycles. The molecule has 0 saturated heterocycles. The molecule has 2 heterocycles. The number of hydrogen-bond acceptors (Lipinski definition) is 2. The maximum Gasteiger partial charge on any atom is 0.109 e. The van der Waals surface area contributed by atoms with Crippen LogP contribution < -0.4 is 0 Å². The Hall–Kier alpha value is -1.90. The highest BCUT2D eigenvalue weighted by Crippen LogP contribution is 2.26. The standard InChI is InChI=1S/C16H19N3/c1-9(2)12-6-5-11-13(17-12)7-8-14-15(11)19-16(18-14)10(3)4/h5-10H,1-4H3,(H,18,19). The second-order valence-electron chi connectivity index (χ2n) is 5.69. The molecule has 1 N–H and O–H groups in total. The Kier molecular flexibility index (Phi) is 2.77. The zero-order valence-electron chi connectivity index (χ0n) is 11.9. The lowest BCUT2D eigenvalue weighted by Crippen LogP contribution is -1.92. The van der Waals surface area contributed by atoms with Gasteiger partial charge in [0.15, 0.2) is 0 Å². The summed E-state index contributed by atoms with van der Waals surface area (Å²) in [6.45, 7) is 8.63. The average molecular weight is 253 g/mol. The monoisotopic (exact) mass is 253 g/mol. The third kappa shape index (κ3) is 1.99. The van der Waals surface area contributed by atoms with Crippen molar-refractivity contribution >= 4 is 21.9 Å². The van der Waals surface area contributed by atoms with Gasteiger partial charge >= 0.3 is 0 Å². The van der Waals surface area contributed by atoms with E-state index in [4.69, 9.17) is 4.98 Å². The molecule has 0 unspecified atom stereocenters. The number of aromatic nitrogens is 3. The third-order valence-corrected chi connectivity index (χ3v) is 3.50. The summed E-state index contributed by atoms with van der Waals surface area (Å²) in [7, 11) is 0. The van der Waals surface area contributed by atoms with Crippen molar-refractivity contribution in [2.24, 2.45) is 0 Å². The zero-order valence-corrected chi connectivity index (χ0v) is 11.9. The second kappa shape index (κ2) is 4.34. The SMILES string of the molecule is CC(C)c1ccc2c(ccc3nc(C(C)C)[nH]c32)n1. The van der Waals surface area contributed by atoms with Crippen LogP contribution in [0.3, 0.4) is 0 Å². The lowest BCUT2D eigenvalue weighted by atomic mass is 10.1. The molecule has 3 rings (SSSR count). The molecule has 0 radical (unpaired) electrons. The highest BCUT2D eigenvalue weighted by molar-refractivity contribution is 6.02. The number of imidazole rings is 1. The topological polar surface area (TPSA) is 41.6 Å². The Morgan fingerprint density at radius 3 is 2.26 bits per heavy atom. The van der Waals surface area contributed by atoms with E-state index >= 15 is 0 Å². The summed E-state index contributed by atoms with van der Waals surface area (Å²) in [6, 6.07) is 8.39. The highest BCUT2D eigenvalue weighted by Gasteiger charge is 2.10. The van der Waals surface area contributed by atoms with Gasteiger partial charge in [-0.1, -0.05) is 27.7 Å². The molecule has 2 aromatic heterocycles. The minimum atomic E-state index is 0.408. The van der Waals surface area contributed by atoms with E-state index in [1.54, 1.807) is 0 Å². The van der Waals surface area contributed by atoms with E-state index in [0.29, 0.717) is 11.8 Å². The van der Waals surface area contributed by atoms with Crippen LogP contribution in [0.4, 0.5) is 0 Å². The van der Waals surface area contributed by atoms with Crippen molar-refractivity contribution in [3.05, 3.63) is 35.8 Å². The molecule has 19 heavy (non-hydrogen) atoms. The molecular weight excluding hydrogens is 234 g/mol. The van der Waals surface area contributed by atoms with E-state index < -0.39 is 0 Å². The van der Waals surface area contributed by atoms with Crippen molar-refractivity contribution in [1.82, 2.24) is 15.0 Å². The van der Waals surface area contributed by atoms with E-state index in [2.05, 4.69) is 61.9 Å². The number of H-pyrrole nitrogens is 1. The summed E-state index contributed by atoms with van der Waals surface area (Å²) in [5, 5.41) is 1.15. The normalized spacial score (nSPS) is 12.1. The van der Waals surface area contributed by atoms with Crippen molar-refractivity contribution in [2.75, 3.05) is 0 Å². The summed E-state index contributed by atoms with van der Waals surface area (Å²) in [5.41, 5.74) is 4.30. The third-order valence-electron chi connectivity index (χ3n) is 3.50. The number of nitrogens with zero attached hydrogens (tertiary/aromatic N) is 2. The molecule has 0 saturated carbocycles. The van der Waals surface area contributed by atoms with Crippen LogP contribution in [0.2, 0.25) is 0 Å². The summed E-state index contributed by atoms with van der Waals surface area (Å²) in [4.78, 5) is 12.8. The molecule has 3 nitrogen and oxygen atoms in total. The molecule has 0 aliphatic carbocycles. The predicted molar refractivity (Wildman–Crippen MR) is 79.6 cm³/mol.